The van der Waals surface area contributed by atoms with E-state index in [0.717, 1.165) is 13.1 Å². The van der Waals surface area contributed by atoms with Crippen molar-refractivity contribution >= 4 is 5.91 Å². The average molecular weight is 344 g/mol. The third-order valence-electron chi connectivity index (χ3n) is 4.38. The SMILES string of the molecule is CCOc1ccccc1C(=O)N1CCN(CC(O)c2ccco2)CC1. The first-order valence-corrected chi connectivity index (χ1v) is 8.64. The van der Waals surface area contributed by atoms with E-state index in [1.165, 1.54) is 0 Å². The molecule has 1 unspecified atom stereocenters. The number of ether oxygens (including phenoxy) is 1. The minimum absolute atomic E-state index is 0.00437. The summed E-state index contributed by atoms with van der Waals surface area (Å²) >= 11 is 0. The first kappa shape index (κ1) is 17.5. The van der Waals surface area contributed by atoms with E-state index in [1.54, 1.807) is 24.5 Å². The molecule has 1 N–H and O–H groups in total. The highest BCUT2D eigenvalue weighted by Gasteiger charge is 2.25. The molecule has 1 aromatic carbocycles. The Kier molecular flexibility index (Phi) is 5.73. The second-order valence-electron chi connectivity index (χ2n) is 6.05. The molecule has 1 aliphatic heterocycles. The summed E-state index contributed by atoms with van der Waals surface area (Å²) in [4.78, 5) is 16.8. The highest BCUT2D eigenvalue weighted by atomic mass is 16.5. The number of aliphatic hydroxyl groups excluding tert-OH is 1. The van der Waals surface area contributed by atoms with Crippen LogP contribution in [0, 0.1) is 0 Å². The molecule has 1 atom stereocenters. The zero-order valence-electron chi connectivity index (χ0n) is 14.4. The van der Waals surface area contributed by atoms with E-state index in [1.807, 2.05) is 30.0 Å². The van der Waals surface area contributed by atoms with E-state index in [-0.39, 0.29) is 5.91 Å². The maximum Gasteiger partial charge on any atom is 0.257 e. The Bertz CT molecular complexity index is 678. The summed E-state index contributed by atoms with van der Waals surface area (Å²) < 4.78 is 10.8. The summed E-state index contributed by atoms with van der Waals surface area (Å²) in [7, 11) is 0. The van der Waals surface area contributed by atoms with Gasteiger partial charge in [-0.05, 0) is 31.2 Å². The van der Waals surface area contributed by atoms with Crippen molar-refractivity contribution in [2.75, 3.05) is 39.3 Å². The van der Waals surface area contributed by atoms with Crippen molar-refractivity contribution in [3.05, 3.63) is 54.0 Å². The molecule has 6 nitrogen and oxygen atoms in total. The van der Waals surface area contributed by atoms with E-state index in [0.29, 0.717) is 43.3 Å². The summed E-state index contributed by atoms with van der Waals surface area (Å²) in [6.07, 6.45) is 0.918. The second-order valence-corrected chi connectivity index (χ2v) is 6.05. The van der Waals surface area contributed by atoms with Gasteiger partial charge in [0.05, 0.1) is 18.4 Å². The third kappa shape index (κ3) is 4.21. The van der Waals surface area contributed by atoms with Crippen LogP contribution in [0.4, 0.5) is 0 Å². The molecule has 6 heteroatoms. The first-order chi connectivity index (χ1) is 12.2. The van der Waals surface area contributed by atoms with Crippen LogP contribution in [0.5, 0.6) is 5.75 Å². The minimum Gasteiger partial charge on any atom is -0.493 e. The smallest absolute Gasteiger partial charge is 0.257 e. The van der Waals surface area contributed by atoms with Crippen LogP contribution in [0.25, 0.3) is 0 Å². The summed E-state index contributed by atoms with van der Waals surface area (Å²) in [6.45, 7) is 5.65. The van der Waals surface area contributed by atoms with Crippen LogP contribution in [-0.2, 0) is 0 Å². The lowest BCUT2D eigenvalue weighted by Crippen LogP contribution is -2.49. The number of rotatable bonds is 6. The van der Waals surface area contributed by atoms with Gasteiger partial charge in [0, 0.05) is 32.7 Å². The Morgan fingerprint density at radius 1 is 1.20 bits per heavy atom. The summed E-state index contributed by atoms with van der Waals surface area (Å²) in [5.41, 5.74) is 0.605. The third-order valence-corrected chi connectivity index (χ3v) is 4.38. The molecule has 2 aromatic rings. The van der Waals surface area contributed by atoms with Gasteiger partial charge in [0.15, 0.2) is 0 Å². The topological polar surface area (TPSA) is 66.2 Å². The predicted octanol–water partition coefficient (Wildman–Crippen LogP) is 2.17. The molecule has 1 aromatic heterocycles. The number of furan rings is 1. The summed E-state index contributed by atoms with van der Waals surface area (Å²) in [5.74, 6) is 1.20. The van der Waals surface area contributed by atoms with Gasteiger partial charge in [-0.2, -0.15) is 0 Å². The van der Waals surface area contributed by atoms with Crippen molar-refractivity contribution in [1.82, 2.24) is 9.80 Å². The average Bonchev–Trinajstić information content (AvgIpc) is 3.17. The number of piperazine rings is 1. The highest BCUT2D eigenvalue weighted by Crippen LogP contribution is 2.21. The van der Waals surface area contributed by atoms with Crippen molar-refractivity contribution in [2.45, 2.75) is 13.0 Å². The van der Waals surface area contributed by atoms with Gasteiger partial charge in [0.1, 0.15) is 17.6 Å². The zero-order chi connectivity index (χ0) is 17.6. The number of β-amino-alcohol motifs (C(OH)–C–C–N with tert-alkyl or cyclic N) is 1. The molecular weight excluding hydrogens is 320 g/mol. The van der Waals surface area contributed by atoms with E-state index in [2.05, 4.69) is 4.90 Å². The Balaban J connectivity index is 1.56. The monoisotopic (exact) mass is 344 g/mol. The van der Waals surface area contributed by atoms with Gasteiger partial charge in [0.2, 0.25) is 0 Å². The molecular formula is C19H24N2O4. The zero-order valence-corrected chi connectivity index (χ0v) is 14.4. The largest absolute Gasteiger partial charge is 0.493 e. The van der Waals surface area contributed by atoms with Gasteiger partial charge in [-0.1, -0.05) is 12.1 Å². The number of nitrogens with zero attached hydrogens (tertiary/aromatic N) is 2. The highest BCUT2D eigenvalue weighted by molar-refractivity contribution is 5.97. The van der Waals surface area contributed by atoms with Gasteiger partial charge < -0.3 is 19.2 Å². The maximum atomic E-state index is 12.8. The van der Waals surface area contributed by atoms with Gasteiger partial charge in [-0.3, -0.25) is 9.69 Å². The number of amides is 1. The van der Waals surface area contributed by atoms with Crippen molar-refractivity contribution in [3.8, 4) is 5.75 Å². The molecule has 1 aliphatic rings. The number of carbonyl (C=O) groups excluding carboxylic acids is 1. The fourth-order valence-corrected chi connectivity index (χ4v) is 3.04. The molecule has 1 saturated heterocycles. The van der Waals surface area contributed by atoms with Crippen molar-refractivity contribution in [3.63, 3.8) is 0 Å². The molecule has 0 aliphatic carbocycles. The van der Waals surface area contributed by atoms with Crippen LogP contribution < -0.4 is 4.74 Å². The Hall–Kier alpha value is -2.31. The van der Waals surface area contributed by atoms with Gasteiger partial charge >= 0.3 is 0 Å². The number of hydrogen-bond acceptors (Lipinski definition) is 5. The number of para-hydroxylation sites is 1. The molecule has 0 bridgehead atoms. The molecule has 3 rings (SSSR count). The van der Waals surface area contributed by atoms with E-state index in [9.17, 15) is 9.90 Å². The molecule has 0 saturated carbocycles. The van der Waals surface area contributed by atoms with Gasteiger partial charge in [-0.25, -0.2) is 0 Å². The molecule has 25 heavy (non-hydrogen) atoms. The van der Waals surface area contributed by atoms with Crippen LogP contribution >= 0.6 is 0 Å². The van der Waals surface area contributed by atoms with Crippen LogP contribution in [0.3, 0.4) is 0 Å². The summed E-state index contributed by atoms with van der Waals surface area (Å²) in [6, 6.07) is 10.9. The fraction of sp³-hybridized carbons (Fsp3) is 0.421. The number of aliphatic hydroxyl groups is 1. The Morgan fingerprint density at radius 3 is 2.64 bits per heavy atom. The molecule has 0 spiro atoms. The lowest BCUT2D eigenvalue weighted by molar-refractivity contribution is 0.0483. The lowest BCUT2D eigenvalue weighted by Gasteiger charge is -2.35. The lowest BCUT2D eigenvalue weighted by atomic mass is 10.1. The van der Waals surface area contributed by atoms with Gasteiger partial charge in [0.25, 0.3) is 5.91 Å². The first-order valence-electron chi connectivity index (χ1n) is 8.64. The maximum absolute atomic E-state index is 12.8. The Morgan fingerprint density at radius 2 is 1.96 bits per heavy atom. The van der Waals surface area contributed by atoms with E-state index < -0.39 is 6.10 Å². The van der Waals surface area contributed by atoms with Gasteiger partial charge in [-0.15, -0.1) is 0 Å². The standard InChI is InChI=1S/C19H24N2O4/c1-2-24-17-7-4-3-6-15(17)19(23)21-11-9-20(10-12-21)14-16(22)18-8-5-13-25-18/h3-8,13,16,22H,2,9-12,14H2,1H3. The molecule has 0 radical (unpaired) electrons. The number of carbonyl (C=O) groups is 1. The van der Waals surface area contributed by atoms with Crippen LogP contribution in [0.15, 0.2) is 47.1 Å². The number of benzene rings is 1. The van der Waals surface area contributed by atoms with Crippen LogP contribution in [-0.4, -0.2) is 60.1 Å². The normalized spacial score (nSPS) is 16.6. The minimum atomic E-state index is -0.643. The fourth-order valence-electron chi connectivity index (χ4n) is 3.04. The quantitative estimate of drug-likeness (QED) is 0.870. The van der Waals surface area contributed by atoms with Crippen molar-refractivity contribution < 1.29 is 19.1 Å². The van der Waals surface area contributed by atoms with Crippen molar-refractivity contribution in [1.29, 1.82) is 0 Å². The predicted molar refractivity (Wildman–Crippen MR) is 93.6 cm³/mol. The van der Waals surface area contributed by atoms with Crippen molar-refractivity contribution in [2.24, 2.45) is 0 Å². The molecule has 2 heterocycles. The molecule has 134 valence electrons. The van der Waals surface area contributed by atoms with Crippen LogP contribution in [0.1, 0.15) is 29.1 Å². The van der Waals surface area contributed by atoms with E-state index >= 15 is 0 Å². The van der Waals surface area contributed by atoms with Crippen LogP contribution in [0.2, 0.25) is 0 Å². The molecule has 1 amide bonds. The molecule has 1 fully saturated rings. The summed E-state index contributed by atoms with van der Waals surface area (Å²) in [5, 5.41) is 10.2. The number of hydrogen-bond donors (Lipinski definition) is 1. The second kappa shape index (κ2) is 8.18. The Labute approximate surface area is 147 Å². The van der Waals surface area contributed by atoms with E-state index in [4.69, 9.17) is 9.15 Å².